The first-order valence-electron chi connectivity index (χ1n) is 6.66. The molecule has 0 bridgehead atoms. The molecule has 0 atom stereocenters. The van der Waals surface area contributed by atoms with Crippen molar-refractivity contribution in [3.63, 3.8) is 0 Å². The number of nitrogens with one attached hydrogen (secondary N) is 1. The van der Waals surface area contributed by atoms with Crippen molar-refractivity contribution in [2.24, 2.45) is 0 Å². The van der Waals surface area contributed by atoms with E-state index >= 15 is 0 Å². The van der Waals surface area contributed by atoms with Gasteiger partial charge >= 0.3 is 0 Å². The van der Waals surface area contributed by atoms with Crippen LogP contribution in [0.15, 0.2) is 28.8 Å². The highest BCUT2D eigenvalue weighted by molar-refractivity contribution is 5.92. The Kier molecular flexibility index (Phi) is 5.37. The summed E-state index contributed by atoms with van der Waals surface area (Å²) in [5, 5.41) is 6.57. The Balaban J connectivity index is 2.15. The normalized spacial score (nSPS) is 10.3. The van der Waals surface area contributed by atoms with E-state index in [4.69, 9.17) is 18.7 Å². The number of nitrogens with zero attached hydrogens (tertiary/aromatic N) is 1. The van der Waals surface area contributed by atoms with Crippen LogP contribution in [0.3, 0.4) is 0 Å². The molecule has 7 nitrogen and oxygen atoms in total. The van der Waals surface area contributed by atoms with Crippen LogP contribution < -0.4 is 14.8 Å². The summed E-state index contributed by atoms with van der Waals surface area (Å²) in [6, 6.07) is 6.92. The maximum absolute atomic E-state index is 11.8. The van der Waals surface area contributed by atoms with Crippen LogP contribution in [0.4, 0.5) is 0 Å². The van der Waals surface area contributed by atoms with Crippen molar-refractivity contribution in [3.05, 3.63) is 30.0 Å². The Morgan fingerprint density at radius 2 is 1.95 bits per heavy atom. The van der Waals surface area contributed by atoms with Gasteiger partial charge in [-0.05, 0) is 18.2 Å². The predicted molar refractivity (Wildman–Crippen MR) is 79.3 cm³/mol. The second-order valence-corrected chi connectivity index (χ2v) is 4.39. The van der Waals surface area contributed by atoms with Gasteiger partial charge in [0.15, 0.2) is 11.5 Å². The molecule has 2 rings (SSSR count). The number of hydrogen-bond acceptors (Lipinski definition) is 6. The molecule has 0 aliphatic carbocycles. The average molecular weight is 306 g/mol. The molecule has 1 N–H and O–H groups in total. The number of methoxy groups -OCH3 is 3. The van der Waals surface area contributed by atoms with Gasteiger partial charge in [0.1, 0.15) is 5.69 Å². The molecule has 2 aromatic rings. The maximum atomic E-state index is 11.8. The van der Waals surface area contributed by atoms with Gasteiger partial charge in [0.05, 0.1) is 20.8 Å². The Morgan fingerprint density at radius 1 is 1.18 bits per heavy atom. The van der Waals surface area contributed by atoms with E-state index in [1.54, 1.807) is 39.5 Å². The molecule has 1 aromatic carbocycles. The third-order valence-corrected chi connectivity index (χ3v) is 3.00. The molecule has 1 aromatic heterocycles. The minimum Gasteiger partial charge on any atom is -0.493 e. The second-order valence-electron chi connectivity index (χ2n) is 4.39. The van der Waals surface area contributed by atoms with Gasteiger partial charge < -0.3 is 24.1 Å². The molecule has 22 heavy (non-hydrogen) atoms. The molecule has 0 saturated heterocycles. The van der Waals surface area contributed by atoms with Crippen LogP contribution in [0.1, 0.15) is 10.6 Å². The summed E-state index contributed by atoms with van der Waals surface area (Å²) in [6.45, 7) is 0.837. The third-order valence-electron chi connectivity index (χ3n) is 3.00. The number of amides is 1. The SMILES string of the molecule is COCCNC(=O)c1cc(-c2ccc(OC)c(OC)c2)no1. The zero-order valence-corrected chi connectivity index (χ0v) is 12.7. The van der Waals surface area contributed by atoms with Crippen LogP contribution in [0, 0.1) is 0 Å². The zero-order chi connectivity index (χ0) is 15.9. The van der Waals surface area contributed by atoms with Gasteiger partial charge in [0, 0.05) is 25.3 Å². The topological polar surface area (TPSA) is 82.8 Å². The predicted octanol–water partition coefficient (Wildman–Crippen LogP) is 1.73. The van der Waals surface area contributed by atoms with Crippen LogP contribution in [0.25, 0.3) is 11.3 Å². The maximum Gasteiger partial charge on any atom is 0.289 e. The Morgan fingerprint density at radius 3 is 2.64 bits per heavy atom. The van der Waals surface area contributed by atoms with Crippen molar-refractivity contribution in [1.29, 1.82) is 0 Å². The highest BCUT2D eigenvalue weighted by Crippen LogP contribution is 2.31. The number of carbonyl (C=O) groups excluding carboxylic acids is 1. The smallest absolute Gasteiger partial charge is 0.289 e. The lowest BCUT2D eigenvalue weighted by molar-refractivity contribution is 0.0900. The molecular formula is C15H18N2O5. The van der Waals surface area contributed by atoms with Crippen LogP contribution >= 0.6 is 0 Å². The largest absolute Gasteiger partial charge is 0.493 e. The Bertz CT molecular complexity index is 639. The lowest BCUT2D eigenvalue weighted by Gasteiger charge is -2.07. The van der Waals surface area contributed by atoms with Crippen molar-refractivity contribution in [1.82, 2.24) is 10.5 Å². The number of hydrogen-bond donors (Lipinski definition) is 1. The number of aromatic nitrogens is 1. The summed E-state index contributed by atoms with van der Waals surface area (Å²) in [6.07, 6.45) is 0. The highest BCUT2D eigenvalue weighted by atomic mass is 16.5. The lowest BCUT2D eigenvalue weighted by atomic mass is 10.1. The fourth-order valence-electron chi connectivity index (χ4n) is 1.87. The summed E-state index contributed by atoms with van der Waals surface area (Å²) in [5.74, 6) is 0.999. The second kappa shape index (κ2) is 7.46. The van der Waals surface area contributed by atoms with E-state index in [9.17, 15) is 4.79 Å². The minimum atomic E-state index is -0.337. The van der Waals surface area contributed by atoms with Crippen molar-refractivity contribution in [2.75, 3.05) is 34.5 Å². The van der Waals surface area contributed by atoms with E-state index < -0.39 is 0 Å². The Hall–Kier alpha value is -2.54. The number of benzene rings is 1. The van der Waals surface area contributed by atoms with E-state index in [1.807, 2.05) is 6.07 Å². The molecule has 0 saturated carbocycles. The molecule has 0 spiro atoms. The summed E-state index contributed by atoms with van der Waals surface area (Å²) >= 11 is 0. The first kappa shape index (κ1) is 15.8. The zero-order valence-electron chi connectivity index (χ0n) is 12.7. The number of ether oxygens (including phenoxy) is 3. The van der Waals surface area contributed by atoms with Gasteiger partial charge in [0.2, 0.25) is 5.76 Å². The van der Waals surface area contributed by atoms with Gasteiger partial charge in [-0.25, -0.2) is 0 Å². The molecule has 0 aliphatic rings. The van der Waals surface area contributed by atoms with Crippen molar-refractivity contribution < 1.29 is 23.5 Å². The van der Waals surface area contributed by atoms with Gasteiger partial charge in [-0.15, -0.1) is 0 Å². The van der Waals surface area contributed by atoms with Crippen molar-refractivity contribution in [2.45, 2.75) is 0 Å². The van der Waals surface area contributed by atoms with E-state index in [0.29, 0.717) is 30.3 Å². The molecule has 0 radical (unpaired) electrons. The first-order valence-corrected chi connectivity index (χ1v) is 6.66. The molecule has 0 fully saturated rings. The Labute approximate surface area is 128 Å². The van der Waals surface area contributed by atoms with Gasteiger partial charge in [-0.1, -0.05) is 5.16 Å². The van der Waals surface area contributed by atoms with Crippen LogP contribution in [0.2, 0.25) is 0 Å². The van der Waals surface area contributed by atoms with E-state index in [0.717, 1.165) is 5.56 Å². The molecule has 1 heterocycles. The van der Waals surface area contributed by atoms with Crippen molar-refractivity contribution in [3.8, 4) is 22.8 Å². The number of carbonyl (C=O) groups is 1. The lowest BCUT2D eigenvalue weighted by Crippen LogP contribution is -2.26. The highest BCUT2D eigenvalue weighted by Gasteiger charge is 2.15. The van der Waals surface area contributed by atoms with Gasteiger partial charge in [0.25, 0.3) is 5.91 Å². The monoisotopic (exact) mass is 306 g/mol. The average Bonchev–Trinajstić information content (AvgIpc) is 3.04. The molecule has 118 valence electrons. The minimum absolute atomic E-state index is 0.140. The van der Waals surface area contributed by atoms with Gasteiger partial charge in [-0.2, -0.15) is 0 Å². The molecule has 1 amide bonds. The molecular weight excluding hydrogens is 288 g/mol. The van der Waals surface area contributed by atoms with Crippen molar-refractivity contribution >= 4 is 5.91 Å². The standard InChI is InChI=1S/C15H18N2O5/c1-19-7-6-16-15(18)14-9-11(17-22-14)10-4-5-12(20-2)13(8-10)21-3/h4-5,8-9H,6-7H2,1-3H3,(H,16,18). The fraction of sp³-hybridized carbons (Fsp3) is 0.333. The molecule has 0 unspecified atom stereocenters. The quantitative estimate of drug-likeness (QED) is 0.785. The van der Waals surface area contributed by atoms with Crippen LogP contribution in [0.5, 0.6) is 11.5 Å². The van der Waals surface area contributed by atoms with Crippen LogP contribution in [-0.4, -0.2) is 45.5 Å². The summed E-state index contributed by atoms with van der Waals surface area (Å²) in [7, 11) is 4.69. The first-order chi connectivity index (χ1) is 10.7. The van der Waals surface area contributed by atoms with Crippen LogP contribution in [-0.2, 0) is 4.74 Å². The van der Waals surface area contributed by atoms with E-state index in [2.05, 4.69) is 10.5 Å². The molecule has 7 heteroatoms. The summed E-state index contributed by atoms with van der Waals surface area (Å²) in [4.78, 5) is 11.8. The third kappa shape index (κ3) is 3.56. The van der Waals surface area contributed by atoms with E-state index in [1.165, 1.54) is 0 Å². The summed E-state index contributed by atoms with van der Waals surface area (Å²) in [5.41, 5.74) is 1.30. The van der Waals surface area contributed by atoms with E-state index in [-0.39, 0.29) is 11.7 Å². The fourth-order valence-corrected chi connectivity index (χ4v) is 1.87. The van der Waals surface area contributed by atoms with Gasteiger partial charge in [-0.3, -0.25) is 4.79 Å². The number of rotatable bonds is 7. The molecule has 0 aliphatic heterocycles. The summed E-state index contributed by atoms with van der Waals surface area (Å²) < 4.78 is 20.4.